The molecule has 4 heterocycles. The largest absolute Gasteiger partial charge is 0.458 e. The summed E-state index contributed by atoms with van der Waals surface area (Å²) in [6.45, 7) is 4.47. The molecule has 14 rings (SSSR count). The van der Waals surface area contributed by atoms with Crippen LogP contribution in [0.1, 0.15) is 11.1 Å². The van der Waals surface area contributed by atoms with Crippen LogP contribution < -0.4 is 42.3 Å². The number of hydrogen-bond acceptors (Lipinski definition) is 2. The van der Waals surface area contributed by atoms with Crippen LogP contribution in [0, 0.1) is 13.8 Å². The molecule has 0 amide bonds. The molecule has 0 spiro atoms. The van der Waals surface area contributed by atoms with Crippen LogP contribution in [0.5, 0.6) is 23.0 Å². The number of hydrogen-bond donors (Lipinski definition) is 0. The fourth-order valence-corrected chi connectivity index (χ4v) is 11.4. The summed E-state index contributed by atoms with van der Waals surface area (Å²) < 4.78 is 13.6. The maximum Gasteiger partial charge on any atom is 0.252 e. The van der Waals surface area contributed by atoms with Gasteiger partial charge in [-0.2, -0.15) is 0 Å². The second-order valence-corrected chi connectivity index (χ2v) is 16.8. The zero-order chi connectivity index (χ0) is 38.0. The van der Waals surface area contributed by atoms with Gasteiger partial charge >= 0.3 is 0 Å². The predicted molar refractivity (Wildman–Crippen MR) is 244 cm³/mol. The first-order chi connectivity index (χ1) is 28.6. The van der Waals surface area contributed by atoms with E-state index in [4.69, 9.17) is 9.47 Å². The lowest BCUT2D eigenvalue weighted by atomic mass is 9.31. The van der Waals surface area contributed by atoms with Gasteiger partial charge in [0.15, 0.2) is 0 Å². The smallest absolute Gasteiger partial charge is 0.252 e. The zero-order valence-corrected chi connectivity index (χ0v) is 32.0. The highest BCUT2D eigenvalue weighted by Gasteiger charge is 2.44. The summed E-state index contributed by atoms with van der Waals surface area (Å²) >= 11 is 0. The van der Waals surface area contributed by atoms with Crippen molar-refractivity contribution < 1.29 is 9.47 Å². The van der Waals surface area contributed by atoms with Crippen LogP contribution in [0.25, 0.3) is 76.8 Å². The highest BCUT2D eigenvalue weighted by molar-refractivity contribution is 7.01. The SMILES string of the molecule is Cc1cc2c3c(c1)-c1cc(-c4ccccc4)c4cc5c6c(cc(-c7ccccc7)c7cc(c1c4c76)B3c1ccccc1O2)-c1cc(C)cc2c1B5c1ccccc1O2. The molecule has 2 nitrogen and oxygen atoms in total. The summed E-state index contributed by atoms with van der Waals surface area (Å²) in [5, 5.41) is 8.03. The van der Waals surface area contributed by atoms with E-state index < -0.39 is 0 Å². The third kappa shape index (κ3) is 3.86. The van der Waals surface area contributed by atoms with Gasteiger partial charge in [0.05, 0.1) is 0 Å². The molecule has 4 aliphatic rings. The van der Waals surface area contributed by atoms with E-state index >= 15 is 0 Å². The monoisotopic (exact) mass is 734 g/mol. The molecule has 4 heteroatoms. The van der Waals surface area contributed by atoms with Crippen molar-refractivity contribution in [3.8, 4) is 67.5 Å². The summed E-state index contributed by atoms with van der Waals surface area (Å²) in [6, 6.07) is 58.9. The Labute approximate surface area is 336 Å². The molecule has 0 radical (unpaired) electrons. The van der Waals surface area contributed by atoms with E-state index in [1.807, 2.05) is 0 Å². The Morgan fingerprint density at radius 3 is 1.19 bits per heavy atom. The minimum absolute atomic E-state index is 0.0289. The third-order valence-electron chi connectivity index (χ3n) is 13.6. The Balaban J connectivity index is 1.26. The minimum Gasteiger partial charge on any atom is -0.458 e. The van der Waals surface area contributed by atoms with Gasteiger partial charge < -0.3 is 9.47 Å². The maximum absolute atomic E-state index is 6.81. The van der Waals surface area contributed by atoms with E-state index in [9.17, 15) is 0 Å². The molecular formula is C54H32B2O2. The van der Waals surface area contributed by atoms with Crippen molar-refractivity contribution in [2.24, 2.45) is 0 Å². The first-order valence-corrected chi connectivity index (χ1v) is 20.4. The van der Waals surface area contributed by atoms with Crippen LogP contribution in [-0.2, 0) is 0 Å². The van der Waals surface area contributed by atoms with Crippen LogP contribution in [0.15, 0.2) is 158 Å². The molecule has 0 fully saturated rings. The summed E-state index contributed by atoms with van der Waals surface area (Å²) in [5.74, 6) is 3.82. The molecule has 266 valence electrons. The number of ether oxygens (including phenoxy) is 2. The quantitative estimate of drug-likeness (QED) is 0.130. The Bertz CT molecular complexity index is 3250. The Morgan fingerprint density at radius 2 is 0.741 bits per heavy atom. The second-order valence-electron chi connectivity index (χ2n) is 16.8. The van der Waals surface area contributed by atoms with Gasteiger partial charge in [0.25, 0.3) is 13.4 Å². The van der Waals surface area contributed by atoms with Gasteiger partial charge in [-0.25, -0.2) is 0 Å². The van der Waals surface area contributed by atoms with Gasteiger partial charge in [0.2, 0.25) is 0 Å². The van der Waals surface area contributed by atoms with E-state index in [2.05, 4.69) is 172 Å². The van der Waals surface area contributed by atoms with E-state index in [1.165, 1.54) is 121 Å². The van der Waals surface area contributed by atoms with Gasteiger partial charge in [-0.3, -0.25) is 0 Å². The van der Waals surface area contributed by atoms with Crippen molar-refractivity contribution in [2.75, 3.05) is 0 Å². The standard InChI is InChI=1S/C54H32B2O2/c1-29-21-39-35-25-33(31-13-5-3-6-14-31)37-28-44-50-36(40-22-30(2)24-48-54(40)56(44)42-18-10-12-20-46(42)58-48)26-34(32-15-7-4-8-16-32)38-27-43(49(35)51(37)52(38)50)55-41-17-9-11-19-45(41)57-47(23-29)53(39)55/h3-28H,1-2H3. The first kappa shape index (κ1) is 31.1. The van der Waals surface area contributed by atoms with Crippen molar-refractivity contribution in [3.05, 3.63) is 169 Å². The number of aryl methyl sites for hydroxylation is 2. The van der Waals surface area contributed by atoms with E-state index in [0.717, 1.165) is 23.0 Å². The highest BCUT2D eigenvalue weighted by Crippen LogP contribution is 2.51. The van der Waals surface area contributed by atoms with Crippen LogP contribution in [-0.4, -0.2) is 13.4 Å². The molecule has 0 unspecified atom stereocenters. The maximum atomic E-state index is 6.81. The van der Waals surface area contributed by atoms with Gasteiger partial charge in [-0.1, -0.05) is 132 Å². The Kier molecular flexibility index (Phi) is 5.83. The summed E-state index contributed by atoms with van der Waals surface area (Å²) in [5.41, 5.74) is 20.2. The molecule has 0 saturated carbocycles. The molecule has 10 aromatic carbocycles. The van der Waals surface area contributed by atoms with Gasteiger partial charge in [-0.05, 0) is 160 Å². The molecule has 0 aliphatic carbocycles. The summed E-state index contributed by atoms with van der Waals surface area (Å²) in [7, 11) is 0. The number of benzene rings is 10. The van der Waals surface area contributed by atoms with Crippen LogP contribution in [0.2, 0.25) is 0 Å². The number of para-hydroxylation sites is 2. The lowest BCUT2D eigenvalue weighted by molar-refractivity contribution is 0.487. The average Bonchev–Trinajstić information content (AvgIpc) is 3.26. The topological polar surface area (TPSA) is 18.5 Å². The normalized spacial score (nSPS) is 13.6. The molecule has 0 atom stereocenters. The third-order valence-corrected chi connectivity index (χ3v) is 13.6. The van der Waals surface area contributed by atoms with Crippen molar-refractivity contribution in [1.82, 2.24) is 0 Å². The summed E-state index contributed by atoms with van der Waals surface area (Å²) in [6.07, 6.45) is 0. The van der Waals surface area contributed by atoms with E-state index in [0.29, 0.717) is 0 Å². The van der Waals surface area contributed by atoms with Crippen LogP contribution in [0.4, 0.5) is 0 Å². The second kappa shape index (κ2) is 10.9. The fourth-order valence-electron chi connectivity index (χ4n) is 11.4. The molecule has 0 aromatic heterocycles. The number of fused-ring (bicyclic) bond motifs is 8. The van der Waals surface area contributed by atoms with Crippen molar-refractivity contribution in [1.29, 1.82) is 0 Å². The van der Waals surface area contributed by atoms with Gasteiger partial charge in [0.1, 0.15) is 23.0 Å². The van der Waals surface area contributed by atoms with Crippen molar-refractivity contribution >= 4 is 78.5 Å². The van der Waals surface area contributed by atoms with E-state index in [-0.39, 0.29) is 13.4 Å². The lowest BCUT2D eigenvalue weighted by Crippen LogP contribution is -2.58. The minimum atomic E-state index is 0.0289. The van der Waals surface area contributed by atoms with Crippen molar-refractivity contribution in [2.45, 2.75) is 13.8 Å². The molecule has 0 N–H and O–H groups in total. The molecule has 4 aliphatic heterocycles. The van der Waals surface area contributed by atoms with Gasteiger partial charge in [-0.15, -0.1) is 0 Å². The number of rotatable bonds is 2. The lowest BCUT2D eigenvalue weighted by Gasteiger charge is -2.37. The van der Waals surface area contributed by atoms with Crippen molar-refractivity contribution in [3.63, 3.8) is 0 Å². The molecule has 0 saturated heterocycles. The molecule has 0 bridgehead atoms. The summed E-state index contributed by atoms with van der Waals surface area (Å²) in [4.78, 5) is 0. The van der Waals surface area contributed by atoms with Crippen LogP contribution in [0.3, 0.4) is 0 Å². The zero-order valence-electron chi connectivity index (χ0n) is 32.0. The molecule has 58 heavy (non-hydrogen) atoms. The fraction of sp³-hybridized carbons (Fsp3) is 0.0370. The van der Waals surface area contributed by atoms with Crippen LogP contribution >= 0.6 is 0 Å². The Morgan fingerprint density at radius 1 is 0.328 bits per heavy atom. The highest BCUT2D eigenvalue weighted by atomic mass is 16.5. The Hall–Kier alpha value is -7.03. The molecule has 10 aromatic rings. The molecular weight excluding hydrogens is 702 g/mol. The first-order valence-electron chi connectivity index (χ1n) is 20.4. The van der Waals surface area contributed by atoms with E-state index in [1.54, 1.807) is 0 Å². The average molecular weight is 734 g/mol. The predicted octanol–water partition coefficient (Wildman–Crippen LogP) is 9.74. The van der Waals surface area contributed by atoms with Gasteiger partial charge in [0, 0.05) is 0 Å².